The molecule has 0 spiro atoms. The maximum Gasteiger partial charge on any atom is 0.143 e. The van der Waals surface area contributed by atoms with Crippen LogP contribution in [0.25, 0.3) is 5.57 Å². The van der Waals surface area contributed by atoms with Crippen molar-refractivity contribution in [1.29, 1.82) is 0 Å². The minimum atomic E-state index is -0.257. The summed E-state index contributed by atoms with van der Waals surface area (Å²) in [6, 6.07) is 13.1. The number of aliphatic hydroxyl groups is 1. The molecule has 2 N–H and O–H groups in total. The van der Waals surface area contributed by atoms with Gasteiger partial charge in [-0.1, -0.05) is 25.0 Å². The second-order valence-corrected chi connectivity index (χ2v) is 8.06. The SMILES string of the molecule is OCCC1=CC(c2ccc(OCCN3CCCCCC3)cc2)Oc2cc(O)ccc21. The molecule has 0 saturated carbocycles. The highest BCUT2D eigenvalue weighted by molar-refractivity contribution is 5.73. The van der Waals surface area contributed by atoms with E-state index in [4.69, 9.17) is 9.47 Å². The highest BCUT2D eigenvalue weighted by Gasteiger charge is 2.22. The summed E-state index contributed by atoms with van der Waals surface area (Å²) in [6.45, 7) is 4.11. The first-order valence-corrected chi connectivity index (χ1v) is 11.0. The highest BCUT2D eigenvalue weighted by atomic mass is 16.5. The lowest BCUT2D eigenvalue weighted by Gasteiger charge is -2.26. The minimum Gasteiger partial charge on any atom is -0.508 e. The van der Waals surface area contributed by atoms with Crippen molar-refractivity contribution >= 4 is 5.57 Å². The molecule has 4 rings (SSSR count). The largest absolute Gasteiger partial charge is 0.508 e. The number of rotatable bonds is 7. The molecule has 2 aliphatic rings. The predicted octanol–water partition coefficient (Wildman–Crippen LogP) is 4.55. The Morgan fingerprint density at radius 3 is 2.50 bits per heavy atom. The Morgan fingerprint density at radius 2 is 1.77 bits per heavy atom. The number of fused-ring (bicyclic) bond motifs is 1. The van der Waals surface area contributed by atoms with E-state index in [1.807, 2.05) is 36.4 Å². The van der Waals surface area contributed by atoms with E-state index in [0.29, 0.717) is 18.8 Å². The van der Waals surface area contributed by atoms with E-state index < -0.39 is 0 Å². The summed E-state index contributed by atoms with van der Waals surface area (Å²) in [6.07, 6.45) is 7.62. The van der Waals surface area contributed by atoms with E-state index in [-0.39, 0.29) is 18.5 Å². The third-order valence-corrected chi connectivity index (χ3v) is 5.88. The van der Waals surface area contributed by atoms with Gasteiger partial charge in [-0.15, -0.1) is 0 Å². The number of nitrogens with zero attached hydrogens (tertiary/aromatic N) is 1. The molecule has 1 fully saturated rings. The summed E-state index contributed by atoms with van der Waals surface area (Å²) < 4.78 is 12.1. The van der Waals surface area contributed by atoms with Gasteiger partial charge in [0.15, 0.2) is 0 Å². The molecule has 2 aliphatic heterocycles. The van der Waals surface area contributed by atoms with Gasteiger partial charge in [0.05, 0.1) is 0 Å². The van der Waals surface area contributed by atoms with Crippen LogP contribution in [0.4, 0.5) is 0 Å². The first-order valence-electron chi connectivity index (χ1n) is 11.0. The molecule has 5 nitrogen and oxygen atoms in total. The van der Waals surface area contributed by atoms with Crippen LogP contribution in [0.3, 0.4) is 0 Å². The van der Waals surface area contributed by atoms with Crippen LogP contribution >= 0.6 is 0 Å². The third kappa shape index (κ3) is 5.15. The zero-order valence-corrected chi connectivity index (χ0v) is 17.4. The zero-order valence-electron chi connectivity index (χ0n) is 17.4. The van der Waals surface area contributed by atoms with Crippen molar-refractivity contribution in [2.75, 3.05) is 32.8 Å². The summed E-state index contributed by atoms with van der Waals surface area (Å²) in [5.41, 5.74) is 2.97. The molecule has 0 aromatic heterocycles. The molecule has 160 valence electrons. The summed E-state index contributed by atoms with van der Waals surface area (Å²) in [7, 11) is 0. The smallest absolute Gasteiger partial charge is 0.143 e. The van der Waals surface area contributed by atoms with Crippen molar-refractivity contribution in [3.8, 4) is 17.2 Å². The van der Waals surface area contributed by atoms with Gasteiger partial charge < -0.3 is 19.7 Å². The Morgan fingerprint density at radius 1 is 1.00 bits per heavy atom. The van der Waals surface area contributed by atoms with Crippen LogP contribution < -0.4 is 9.47 Å². The van der Waals surface area contributed by atoms with Crippen molar-refractivity contribution in [2.45, 2.75) is 38.2 Å². The van der Waals surface area contributed by atoms with E-state index in [1.165, 1.54) is 38.8 Å². The standard InChI is InChI=1S/C25H31NO4/c27-15-11-20-17-24(30-25-18-21(28)7-10-23(20)25)19-5-8-22(9-6-19)29-16-14-26-12-3-1-2-4-13-26/h5-10,17-18,24,27-28H,1-4,11-16H2. The molecule has 0 bridgehead atoms. The van der Waals surface area contributed by atoms with Gasteiger partial charge in [-0.3, -0.25) is 4.90 Å². The average molecular weight is 410 g/mol. The summed E-state index contributed by atoms with van der Waals surface area (Å²) >= 11 is 0. The Kier molecular flexibility index (Phi) is 6.92. The van der Waals surface area contributed by atoms with Crippen LogP contribution in [0.2, 0.25) is 0 Å². The monoisotopic (exact) mass is 409 g/mol. The lowest BCUT2D eigenvalue weighted by molar-refractivity contribution is 0.213. The fraction of sp³-hybridized carbons (Fsp3) is 0.440. The van der Waals surface area contributed by atoms with Gasteiger partial charge in [0, 0.05) is 24.8 Å². The average Bonchev–Trinajstić information content (AvgIpc) is 3.03. The first-order chi connectivity index (χ1) is 14.7. The number of phenolic OH excluding ortho intramolecular Hbond substituents is 1. The highest BCUT2D eigenvalue weighted by Crippen LogP contribution is 2.40. The van der Waals surface area contributed by atoms with Gasteiger partial charge in [0.1, 0.15) is 30.0 Å². The molecule has 0 aliphatic carbocycles. The van der Waals surface area contributed by atoms with E-state index in [0.717, 1.165) is 29.0 Å². The van der Waals surface area contributed by atoms with Crippen LogP contribution in [0.5, 0.6) is 17.2 Å². The van der Waals surface area contributed by atoms with Gasteiger partial charge in [-0.2, -0.15) is 0 Å². The molecule has 1 atom stereocenters. The van der Waals surface area contributed by atoms with Gasteiger partial charge >= 0.3 is 0 Å². The molecule has 1 unspecified atom stereocenters. The summed E-state index contributed by atoms with van der Waals surface area (Å²) in [5.74, 6) is 1.68. The van der Waals surface area contributed by atoms with Gasteiger partial charge in [-0.25, -0.2) is 0 Å². The quantitative estimate of drug-likeness (QED) is 0.703. The van der Waals surface area contributed by atoms with Crippen LogP contribution in [-0.4, -0.2) is 48.0 Å². The fourth-order valence-electron chi connectivity index (χ4n) is 4.23. The Balaban J connectivity index is 1.39. The molecular formula is C25H31NO4. The van der Waals surface area contributed by atoms with Crippen LogP contribution in [-0.2, 0) is 0 Å². The third-order valence-electron chi connectivity index (χ3n) is 5.88. The number of hydrogen-bond donors (Lipinski definition) is 2. The van der Waals surface area contributed by atoms with Crippen molar-refractivity contribution < 1.29 is 19.7 Å². The lowest BCUT2D eigenvalue weighted by atomic mass is 9.95. The van der Waals surface area contributed by atoms with Crippen LogP contribution in [0, 0.1) is 0 Å². The summed E-state index contributed by atoms with van der Waals surface area (Å²) in [4.78, 5) is 2.50. The normalized spacial score (nSPS) is 19.4. The molecule has 1 saturated heterocycles. The van der Waals surface area contributed by atoms with E-state index in [9.17, 15) is 10.2 Å². The molecule has 2 aromatic rings. The zero-order chi connectivity index (χ0) is 20.8. The number of phenols is 1. The molecule has 2 heterocycles. The molecule has 2 aromatic carbocycles. The molecule has 0 radical (unpaired) electrons. The Labute approximate surface area is 178 Å². The number of ether oxygens (including phenoxy) is 2. The summed E-state index contributed by atoms with van der Waals surface area (Å²) in [5, 5.41) is 19.3. The van der Waals surface area contributed by atoms with Crippen molar-refractivity contribution in [1.82, 2.24) is 4.90 Å². The second-order valence-electron chi connectivity index (χ2n) is 8.06. The van der Waals surface area contributed by atoms with Gasteiger partial charge in [-0.05, 0) is 73.8 Å². The van der Waals surface area contributed by atoms with E-state index >= 15 is 0 Å². The maximum absolute atomic E-state index is 9.82. The lowest BCUT2D eigenvalue weighted by Crippen LogP contribution is -2.29. The number of benzene rings is 2. The first kappa shape index (κ1) is 20.8. The van der Waals surface area contributed by atoms with E-state index in [2.05, 4.69) is 4.90 Å². The number of aromatic hydroxyl groups is 1. The number of hydrogen-bond acceptors (Lipinski definition) is 5. The van der Waals surface area contributed by atoms with Crippen molar-refractivity contribution in [3.63, 3.8) is 0 Å². The second kappa shape index (κ2) is 10.0. The minimum absolute atomic E-state index is 0.0721. The Bertz CT molecular complexity index is 854. The predicted molar refractivity (Wildman–Crippen MR) is 118 cm³/mol. The van der Waals surface area contributed by atoms with Crippen molar-refractivity contribution in [3.05, 3.63) is 59.7 Å². The number of likely N-dealkylation sites (tertiary alicyclic amines) is 1. The Hall–Kier alpha value is -2.50. The van der Waals surface area contributed by atoms with Crippen LogP contribution in [0.1, 0.15) is 49.3 Å². The van der Waals surface area contributed by atoms with Gasteiger partial charge in [0.2, 0.25) is 0 Å². The van der Waals surface area contributed by atoms with Crippen molar-refractivity contribution in [2.24, 2.45) is 0 Å². The molecule has 30 heavy (non-hydrogen) atoms. The molecular weight excluding hydrogens is 378 g/mol. The van der Waals surface area contributed by atoms with E-state index in [1.54, 1.807) is 12.1 Å². The molecule has 5 heteroatoms. The fourth-order valence-corrected chi connectivity index (χ4v) is 4.23. The number of aliphatic hydroxyl groups excluding tert-OH is 1. The maximum atomic E-state index is 9.82. The van der Waals surface area contributed by atoms with Crippen LogP contribution in [0.15, 0.2) is 48.5 Å². The molecule has 0 amide bonds. The van der Waals surface area contributed by atoms with Gasteiger partial charge in [0.25, 0.3) is 0 Å². The topological polar surface area (TPSA) is 62.2 Å².